The second kappa shape index (κ2) is 6.18. The maximum Gasteiger partial charge on any atom is 0.270 e. The first kappa shape index (κ1) is 15.2. The van der Waals surface area contributed by atoms with Crippen LogP contribution in [0.25, 0.3) is 10.9 Å². The smallest absolute Gasteiger partial charge is 0.270 e. The molecule has 0 bridgehead atoms. The van der Waals surface area contributed by atoms with Gasteiger partial charge in [0.15, 0.2) is 0 Å². The van der Waals surface area contributed by atoms with Crippen molar-refractivity contribution in [2.45, 2.75) is 31.4 Å². The molecule has 7 nitrogen and oxygen atoms in total. The summed E-state index contributed by atoms with van der Waals surface area (Å²) in [6, 6.07) is 8.36. The molecule has 3 rings (SSSR count). The van der Waals surface area contributed by atoms with Crippen molar-refractivity contribution in [1.29, 1.82) is 5.26 Å². The number of non-ortho nitro benzene ring substituents is 1. The van der Waals surface area contributed by atoms with Gasteiger partial charge in [-0.15, -0.1) is 0 Å². The number of nitro groups is 1. The van der Waals surface area contributed by atoms with E-state index in [1.54, 1.807) is 19.2 Å². The summed E-state index contributed by atoms with van der Waals surface area (Å²) in [6.45, 7) is 0. The number of aromatic nitrogens is 1. The van der Waals surface area contributed by atoms with Crippen molar-refractivity contribution in [3.05, 3.63) is 39.9 Å². The van der Waals surface area contributed by atoms with E-state index in [-0.39, 0.29) is 17.8 Å². The highest BCUT2D eigenvalue weighted by Gasteiger charge is 2.24. The fourth-order valence-electron chi connectivity index (χ4n) is 2.99. The Bertz CT molecular complexity index is 800. The van der Waals surface area contributed by atoms with Crippen LogP contribution in [0.1, 0.15) is 24.8 Å². The summed E-state index contributed by atoms with van der Waals surface area (Å²) in [5.74, 6) is 0.615. The van der Waals surface area contributed by atoms with Gasteiger partial charge < -0.3 is 10.1 Å². The summed E-state index contributed by atoms with van der Waals surface area (Å²) in [5.41, 5.74) is 0.899. The number of rotatable bonds is 4. The number of nitrogens with zero attached hydrogens (tertiary/aromatic N) is 3. The third kappa shape index (κ3) is 3.07. The van der Waals surface area contributed by atoms with Crippen molar-refractivity contribution < 1.29 is 9.66 Å². The molecule has 118 valence electrons. The van der Waals surface area contributed by atoms with Gasteiger partial charge in [-0.25, -0.2) is 4.98 Å². The molecule has 1 aromatic carbocycles. The predicted octanol–water partition coefficient (Wildman–Crippen LogP) is 2.99. The molecule has 1 aliphatic rings. The fraction of sp³-hybridized carbons (Fsp3) is 0.375. The minimum absolute atomic E-state index is 0.0461. The number of anilines is 1. The normalized spacial score (nSPS) is 20.3. The van der Waals surface area contributed by atoms with Gasteiger partial charge in [-0.3, -0.25) is 10.1 Å². The number of nitro benzene ring substituents is 1. The summed E-state index contributed by atoms with van der Waals surface area (Å²) in [7, 11) is 1.71. The molecule has 0 spiro atoms. The van der Waals surface area contributed by atoms with Crippen LogP contribution in [-0.2, 0) is 4.74 Å². The van der Waals surface area contributed by atoms with Crippen molar-refractivity contribution in [3.8, 4) is 6.07 Å². The summed E-state index contributed by atoms with van der Waals surface area (Å²) >= 11 is 0. The molecular weight excluding hydrogens is 296 g/mol. The Kier molecular flexibility index (Phi) is 4.08. The maximum atomic E-state index is 10.9. The van der Waals surface area contributed by atoms with Crippen LogP contribution >= 0.6 is 0 Å². The Hall–Kier alpha value is -2.72. The first-order valence-electron chi connectivity index (χ1n) is 7.39. The quantitative estimate of drug-likeness (QED) is 0.688. The van der Waals surface area contributed by atoms with Crippen LogP contribution < -0.4 is 5.32 Å². The van der Waals surface area contributed by atoms with E-state index in [1.807, 2.05) is 0 Å². The molecule has 1 N–H and O–H groups in total. The Morgan fingerprint density at radius 2 is 2.26 bits per heavy atom. The van der Waals surface area contributed by atoms with E-state index in [0.29, 0.717) is 22.3 Å². The topological polar surface area (TPSA) is 101 Å². The second-order valence-corrected chi connectivity index (χ2v) is 5.64. The largest absolute Gasteiger partial charge is 0.381 e. The Morgan fingerprint density at radius 3 is 2.91 bits per heavy atom. The van der Waals surface area contributed by atoms with Crippen LogP contribution in [0.3, 0.4) is 0 Å². The number of hydrogen-bond acceptors (Lipinski definition) is 6. The molecule has 1 aromatic heterocycles. The highest BCUT2D eigenvalue weighted by atomic mass is 16.6. The van der Waals surface area contributed by atoms with Crippen LogP contribution in [0.5, 0.6) is 0 Å². The molecule has 1 saturated carbocycles. The predicted molar refractivity (Wildman–Crippen MR) is 85.2 cm³/mol. The SMILES string of the molecule is COC1CCC(Nc2cc(C#N)c3cc([N+](=O)[O-])ccc3n2)C1. The number of nitriles is 1. The van der Waals surface area contributed by atoms with Crippen molar-refractivity contribution in [3.63, 3.8) is 0 Å². The molecule has 2 unspecified atom stereocenters. The van der Waals surface area contributed by atoms with E-state index in [9.17, 15) is 15.4 Å². The molecule has 1 aliphatic carbocycles. The molecule has 0 radical (unpaired) electrons. The van der Waals surface area contributed by atoms with E-state index in [0.717, 1.165) is 19.3 Å². The lowest BCUT2D eigenvalue weighted by Crippen LogP contribution is -2.18. The summed E-state index contributed by atoms with van der Waals surface area (Å²) in [5, 5.41) is 24.0. The third-order valence-corrected chi connectivity index (χ3v) is 4.19. The molecule has 1 fully saturated rings. The van der Waals surface area contributed by atoms with Crippen molar-refractivity contribution in [1.82, 2.24) is 4.98 Å². The number of hydrogen-bond donors (Lipinski definition) is 1. The zero-order valence-electron chi connectivity index (χ0n) is 12.7. The van der Waals surface area contributed by atoms with Gasteiger partial charge >= 0.3 is 0 Å². The van der Waals surface area contributed by atoms with Gasteiger partial charge in [-0.2, -0.15) is 5.26 Å². The summed E-state index contributed by atoms with van der Waals surface area (Å²) < 4.78 is 5.35. The monoisotopic (exact) mass is 312 g/mol. The lowest BCUT2D eigenvalue weighted by atomic mass is 10.1. The second-order valence-electron chi connectivity index (χ2n) is 5.64. The van der Waals surface area contributed by atoms with Gasteiger partial charge in [-0.05, 0) is 31.4 Å². The van der Waals surface area contributed by atoms with Crippen LogP contribution in [0, 0.1) is 21.4 Å². The summed E-state index contributed by atoms with van der Waals surface area (Å²) in [4.78, 5) is 14.9. The van der Waals surface area contributed by atoms with E-state index in [4.69, 9.17) is 4.74 Å². The minimum atomic E-state index is -0.476. The van der Waals surface area contributed by atoms with Gasteiger partial charge in [0.1, 0.15) is 5.82 Å². The molecule has 7 heteroatoms. The Morgan fingerprint density at radius 1 is 1.43 bits per heavy atom. The Balaban J connectivity index is 1.93. The minimum Gasteiger partial charge on any atom is -0.381 e. The molecule has 2 aromatic rings. The molecular formula is C16H16N4O3. The molecule has 2 atom stereocenters. The fourth-order valence-corrected chi connectivity index (χ4v) is 2.99. The standard InChI is InChI=1S/C16H16N4O3/c1-23-13-4-2-11(7-13)18-16-6-10(9-17)14-8-12(20(21)22)3-5-15(14)19-16/h3,5-6,8,11,13H,2,4,7H2,1H3,(H,18,19). The number of pyridine rings is 1. The van der Waals surface area contributed by atoms with Crippen molar-refractivity contribution in [2.75, 3.05) is 12.4 Å². The average Bonchev–Trinajstić information content (AvgIpc) is 3.01. The first-order chi connectivity index (χ1) is 11.1. The van der Waals surface area contributed by atoms with Gasteiger partial charge in [-0.1, -0.05) is 0 Å². The average molecular weight is 312 g/mol. The number of methoxy groups -OCH3 is 1. The number of nitrogens with one attached hydrogen (secondary N) is 1. The van der Waals surface area contributed by atoms with Crippen molar-refractivity contribution in [2.24, 2.45) is 0 Å². The van der Waals surface area contributed by atoms with Crippen LogP contribution in [0.4, 0.5) is 11.5 Å². The zero-order valence-corrected chi connectivity index (χ0v) is 12.7. The van der Waals surface area contributed by atoms with E-state index < -0.39 is 4.92 Å². The molecule has 23 heavy (non-hydrogen) atoms. The number of fused-ring (bicyclic) bond motifs is 1. The molecule has 0 saturated heterocycles. The highest BCUT2D eigenvalue weighted by molar-refractivity contribution is 5.88. The van der Waals surface area contributed by atoms with Gasteiger partial charge in [0.2, 0.25) is 0 Å². The van der Waals surface area contributed by atoms with Crippen LogP contribution in [0.15, 0.2) is 24.3 Å². The number of benzene rings is 1. The molecule has 0 amide bonds. The zero-order chi connectivity index (χ0) is 16.4. The van der Waals surface area contributed by atoms with Gasteiger partial charge in [0.25, 0.3) is 5.69 Å². The Labute approximate surface area is 133 Å². The maximum absolute atomic E-state index is 10.9. The van der Waals surface area contributed by atoms with Gasteiger partial charge in [0, 0.05) is 30.7 Å². The number of ether oxygens (including phenoxy) is 1. The van der Waals surface area contributed by atoms with E-state index in [1.165, 1.54) is 12.1 Å². The first-order valence-corrected chi connectivity index (χ1v) is 7.39. The van der Waals surface area contributed by atoms with Crippen LogP contribution in [-0.4, -0.2) is 29.2 Å². The van der Waals surface area contributed by atoms with Gasteiger partial charge in [0.05, 0.1) is 28.2 Å². The van der Waals surface area contributed by atoms with E-state index >= 15 is 0 Å². The molecule has 1 heterocycles. The van der Waals surface area contributed by atoms with E-state index in [2.05, 4.69) is 16.4 Å². The highest BCUT2D eigenvalue weighted by Crippen LogP contribution is 2.28. The van der Waals surface area contributed by atoms with Crippen molar-refractivity contribution >= 4 is 22.4 Å². The lowest BCUT2D eigenvalue weighted by Gasteiger charge is -2.14. The van der Waals surface area contributed by atoms with Crippen LogP contribution in [0.2, 0.25) is 0 Å². The lowest BCUT2D eigenvalue weighted by molar-refractivity contribution is -0.384. The third-order valence-electron chi connectivity index (χ3n) is 4.19. The summed E-state index contributed by atoms with van der Waals surface area (Å²) in [6.07, 6.45) is 3.14. The molecule has 0 aliphatic heterocycles.